The highest BCUT2D eigenvalue weighted by Gasteiger charge is 2.34. The number of H-pyrrole nitrogens is 1. The van der Waals surface area contributed by atoms with Crippen LogP contribution in [0.15, 0.2) is 65.3 Å². The molecule has 12 heteroatoms. The summed E-state index contributed by atoms with van der Waals surface area (Å²) in [6.45, 7) is -0.153. The molecule has 1 aliphatic carbocycles. The largest absolute Gasteiger partial charge is 0.497 e. The number of carbonyl (C=O) groups excluding carboxylic acids is 1. The van der Waals surface area contributed by atoms with Crippen molar-refractivity contribution in [2.75, 3.05) is 33.4 Å². The Hall–Kier alpha value is -3.45. The monoisotopic (exact) mass is 598 g/mol. The van der Waals surface area contributed by atoms with E-state index in [1.165, 1.54) is 23.5 Å². The molecule has 3 aromatic rings. The lowest BCUT2D eigenvalue weighted by molar-refractivity contribution is -0.151. The second-order valence-corrected chi connectivity index (χ2v) is 12.5. The van der Waals surface area contributed by atoms with Crippen LogP contribution in [0.3, 0.4) is 0 Å². The summed E-state index contributed by atoms with van der Waals surface area (Å²) in [5, 5.41) is 12.4. The van der Waals surface area contributed by atoms with Gasteiger partial charge in [-0.3, -0.25) is 4.79 Å². The molecule has 2 aromatic carbocycles. The molecular formula is C30H38N4O7S. The van der Waals surface area contributed by atoms with Gasteiger partial charge in [-0.1, -0.05) is 25.0 Å². The number of methoxy groups -OCH3 is 1. The van der Waals surface area contributed by atoms with E-state index < -0.39 is 16.3 Å². The highest BCUT2D eigenvalue weighted by atomic mass is 32.2. The first kappa shape index (κ1) is 30.0. The van der Waals surface area contributed by atoms with Crippen LogP contribution in [-0.4, -0.2) is 73.4 Å². The predicted octanol–water partition coefficient (Wildman–Crippen LogP) is 3.32. The van der Waals surface area contributed by atoms with Crippen molar-refractivity contribution < 1.29 is 32.5 Å². The molecule has 2 aliphatic rings. The quantitative estimate of drug-likeness (QED) is 0.272. The van der Waals surface area contributed by atoms with Crippen molar-refractivity contribution in [3.8, 4) is 5.75 Å². The van der Waals surface area contributed by atoms with Gasteiger partial charge in [-0.05, 0) is 67.2 Å². The zero-order chi connectivity index (χ0) is 29.5. The summed E-state index contributed by atoms with van der Waals surface area (Å²) < 4.78 is 44.8. The van der Waals surface area contributed by atoms with Crippen molar-refractivity contribution in [1.29, 1.82) is 0 Å². The maximum Gasteiger partial charge on any atom is 0.286 e. The van der Waals surface area contributed by atoms with Gasteiger partial charge in [-0.25, -0.2) is 13.4 Å². The summed E-state index contributed by atoms with van der Waals surface area (Å²) >= 11 is 0. The third-order valence-corrected chi connectivity index (χ3v) is 9.78. The van der Waals surface area contributed by atoms with E-state index in [1.807, 2.05) is 30.3 Å². The fourth-order valence-corrected chi connectivity index (χ4v) is 7.06. The number of sulfonamides is 1. The first-order valence-corrected chi connectivity index (χ1v) is 15.8. The van der Waals surface area contributed by atoms with Crippen molar-refractivity contribution in [3.63, 3.8) is 0 Å². The summed E-state index contributed by atoms with van der Waals surface area (Å²) in [4.78, 5) is 21.0. The molecule has 0 unspecified atom stereocenters. The van der Waals surface area contributed by atoms with Crippen LogP contribution in [0.5, 0.6) is 5.75 Å². The molecule has 2 atom stereocenters. The van der Waals surface area contributed by atoms with Gasteiger partial charge < -0.3 is 29.6 Å². The van der Waals surface area contributed by atoms with Crippen molar-refractivity contribution in [2.24, 2.45) is 11.8 Å². The molecule has 226 valence electrons. The molecule has 3 N–H and O–H groups in total. The number of para-hydroxylation sites is 2. The first-order chi connectivity index (χ1) is 20.4. The van der Waals surface area contributed by atoms with Crippen LogP contribution in [0.4, 0.5) is 0 Å². The molecule has 1 amide bonds. The first-order valence-electron chi connectivity index (χ1n) is 14.3. The third-order valence-electron chi connectivity index (χ3n) is 7.86. The Labute approximate surface area is 245 Å². The zero-order valence-corrected chi connectivity index (χ0v) is 24.5. The lowest BCUT2D eigenvalue weighted by Crippen LogP contribution is -2.38. The van der Waals surface area contributed by atoms with Crippen LogP contribution in [0.25, 0.3) is 11.0 Å². The number of aliphatic hydroxyl groups excluding tert-OH is 1. The van der Waals surface area contributed by atoms with Gasteiger partial charge in [0.2, 0.25) is 16.3 Å². The molecule has 1 aliphatic heterocycles. The SMILES string of the molecule is COc1ccc(S(=O)(=O)N(CCO)CCO[C@H]2C[C@@H](C3CCCC3)C=C(C(=O)NCc3nc4ccccc4[nH]3)O2)cc1. The number of imidazole rings is 1. The highest BCUT2D eigenvalue weighted by Crippen LogP contribution is 2.38. The highest BCUT2D eigenvalue weighted by molar-refractivity contribution is 7.89. The summed E-state index contributed by atoms with van der Waals surface area (Å²) in [7, 11) is -2.36. The van der Waals surface area contributed by atoms with E-state index in [2.05, 4.69) is 15.3 Å². The van der Waals surface area contributed by atoms with Crippen molar-refractivity contribution in [3.05, 3.63) is 66.2 Å². The number of carbonyl (C=O) groups is 1. The van der Waals surface area contributed by atoms with Gasteiger partial charge in [0, 0.05) is 19.5 Å². The number of aromatic nitrogens is 2. The van der Waals surface area contributed by atoms with E-state index in [1.54, 1.807) is 12.1 Å². The van der Waals surface area contributed by atoms with Crippen LogP contribution in [0.1, 0.15) is 37.9 Å². The summed E-state index contributed by atoms with van der Waals surface area (Å²) in [5.41, 5.74) is 1.72. The Kier molecular flexibility index (Phi) is 9.78. The lowest BCUT2D eigenvalue weighted by Gasteiger charge is -2.32. The molecule has 1 fully saturated rings. The number of hydrogen-bond donors (Lipinski definition) is 3. The number of allylic oxidation sites excluding steroid dienone is 1. The van der Waals surface area contributed by atoms with E-state index in [0.717, 1.165) is 36.7 Å². The molecule has 42 heavy (non-hydrogen) atoms. The molecule has 1 saturated carbocycles. The van der Waals surface area contributed by atoms with Crippen molar-refractivity contribution >= 4 is 27.0 Å². The second-order valence-electron chi connectivity index (χ2n) is 10.6. The predicted molar refractivity (Wildman–Crippen MR) is 156 cm³/mol. The zero-order valence-electron chi connectivity index (χ0n) is 23.7. The molecule has 0 bridgehead atoms. The van der Waals surface area contributed by atoms with E-state index >= 15 is 0 Å². The van der Waals surface area contributed by atoms with Gasteiger partial charge in [0.1, 0.15) is 11.6 Å². The van der Waals surface area contributed by atoms with Gasteiger partial charge in [0.25, 0.3) is 5.91 Å². The minimum atomic E-state index is -3.87. The molecule has 0 radical (unpaired) electrons. The van der Waals surface area contributed by atoms with Crippen LogP contribution < -0.4 is 10.1 Å². The van der Waals surface area contributed by atoms with Gasteiger partial charge in [0.15, 0.2) is 5.76 Å². The second kappa shape index (κ2) is 13.7. The molecule has 2 heterocycles. The van der Waals surface area contributed by atoms with Crippen LogP contribution in [0.2, 0.25) is 0 Å². The average molecular weight is 599 g/mol. The van der Waals surface area contributed by atoms with E-state index in [9.17, 15) is 18.3 Å². The van der Waals surface area contributed by atoms with Gasteiger partial charge in [0.05, 0.1) is 42.8 Å². The Morgan fingerprint density at radius 2 is 1.90 bits per heavy atom. The number of benzene rings is 2. The Balaban J connectivity index is 1.22. The minimum absolute atomic E-state index is 0.0141. The number of fused-ring (bicyclic) bond motifs is 1. The number of nitrogens with zero attached hydrogens (tertiary/aromatic N) is 2. The number of aromatic amines is 1. The number of hydrogen-bond acceptors (Lipinski definition) is 8. The summed E-state index contributed by atoms with van der Waals surface area (Å²) in [6.07, 6.45) is 6.29. The summed E-state index contributed by atoms with van der Waals surface area (Å²) in [6, 6.07) is 13.8. The molecule has 11 nitrogen and oxygen atoms in total. The smallest absolute Gasteiger partial charge is 0.286 e. The molecule has 1 aromatic heterocycles. The summed E-state index contributed by atoms with van der Waals surface area (Å²) in [5.74, 6) is 1.60. The van der Waals surface area contributed by atoms with Crippen LogP contribution >= 0.6 is 0 Å². The standard InChI is InChI=1S/C30H38N4O7S/c1-39-23-10-12-24(13-11-23)42(37,38)34(14-16-35)15-17-40-29-19-22(21-6-2-3-7-21)18-27(41-29)30(36)31-20-28-32-25-8-4-5-9-26(25)33-28/h4-5,8-13,18,21-22,29,35H,2-3,6-7,14-17,19-20H2,1H3,(H,31,36)(H,32,33)/t22-,29+/m0/s1. The van der Waals surface area contributed by atoms with E-state index in [0.29, 0.717) is 23.9 Å². The van der Waals surface area contributed by atoms with Crippen molar-refractivity contribution in [1.82, 2.24) is 19.6 Å². The van der Waals surface area contributed by atoms with E-state index in [4.69, 9.17) is 14.2 Å². The topological polar surface area (TPSA) is 143 Å². The maximum absolute atomic E-state index is 13.2. The minimum Gasteiger partial charge on any atom is -0.497 e. The lowest BCUT2D eigenvalue weighted by atomic mass is 9.86. The van der Waals surface area contributed by atoms with Crippen LogP contribution in [0, 0.1) is 11.8 Å². The van der Waals surface area contributed by atoms with E-state index in [-0.39, 0.29) is 55.3 Å². The number of rotatable bonds is 13. The molecule has 0 saturated heterocycles. The number of aliphatic hydroxyl groups is 1. The fraction of sp³-hybridized carbons (Fsp3) is 0.467. The van der Waals surface area contributed by atoms with Gasteiger partial charge in [-0.15, -0.1) is 0 Å². The third kappa shape index (κ3) is 7.12. The Bertz CT molecular complexity index is 1450. The fourth-order valence-electron chi connectivity index (χ4n) is 5.65. The normalized spacial score (nSPS) is 19.5. The molecular weight excluding hydrogens is 560 g/mol. The Morgan fingerprint density at radius 1 is 1.14 bits per heavy atom. The number of nitrogens with one attached hydrogen (secondary N) is 2. The van der Waals surface area contributed by atoms with Gasteiger partial charge in [-0.2, -0.15) is 4.31 Å². The maximum atomic E-state index is 13.2. The number of amides is 1. The van der Waals surface area contributed by atoms with Crippen LogP contribution in [-0.2, 0) is 30.8 Å². The molecule has 5 rings (SSSR count). The molecule has 0 spiro atoms. The van der Waals surface area contributed by atoms with Crippen molar-refractivity contribution in [2.45, 2.75) is 49.8 Å². The number of ether oxygens (including phenoxy) is 3. The average Bonchev–Trinajstić information content (AvgIpc) is 3.70. The van der Waals surface area contributed by atoms with Gasteiger partial charge >= 0.3 is 0 Å². The Morgan fingerprint density at radius 3 is 2.62 bits per heavy atom.